The number of fused-ring (bicyclic) bond motifs is 1. The quantitative estimate of drug-likeness (QED) is 0.418. The zero-order valence-electron chi connectivity index (χ0n) is 15.4. The highest BCUT2D eigenvalue weighted by atomic mass is 32.2. The van der Waals surface area contributed by atoms with Crippen molar-refractivity contribution in [3.8, 4) is 11.5 Å². The monoisotopic (exact) mass is 407 g/mol. The molecule has 2 amide bonds. The second-order valence-corrected chi connectivity index (χ2v) is 7.14. The molecule has 0 radical (unpaired) electrons. The van der Waals surface area contributed by atoms with Gasteiger partial charge in [-0.2, -0.15) is 0 Å². The number of thioether (sulfide) groups is 1. The van der Waals surface area contributed by atoms with Crippen molar-refractivity contribution in [2.45, 2.75) is 12.1 Å². The predicted molar refractivity (Wildman–Crippen MR) is 112 cm³/mol. The van der Waals surface area contributed by atoms with Gasteiger partial charge < -0.3 is 20.0 Å². The van der Waals surface area contributed by atoms with E-state index in [1.54, 1.807) is 24.3 Å². The van der Waals surface area contributed by atoms with Gasteiger partial charge in [0.05, 0.1) is 11.3 Å². The summed E-state index contributed by atoms with van der Waals surface area (Å²) < 4.78 is 5.69. The number of benzene rings is 2. The second-order valence-electron chi connectivity index (χ2n) is 6.22. The highest BCUT2D eigenvalue weighted by molar-refractivity contribution is 7.99. The van der Waals surface area contributed by atoms with E-state index < -0.39 is 0 Å². The third-order valence-corrected chi connectivity index (χ3v) is 4.86. The second kappa shape index (κ2) is 8.19. The Kier molecular flexibility index (Phi) is 5.30. The van der Waals surface area contributed by atoms with Crippen LogP contribution < -0.4 is 10.6 Å². The number of hydrogen-bond acceptors (Lipinski definition) is 6. The number of nitrogens with zero attached hydrogens (tertiary/aromatic N) is 2. The average Bonchev–Trinajstić information content (AvgIpc) is 3.34. The summed E-state index contributed by atoms with van der Waals surface area (Å²) in [6.07, 6.45) is 1.82. The highest BCUT2D eigenvalue weighted by Gasteiger charge is 2.14. The number of hydrogen-bond donors (Lipinski definition) is 3. The molecule has 4 rings (SSSR count). The summed E-state index contributed by atoms with van der Waals surface area (Å²) in [6.45, 7) is 1.44. The smallest absolute Gasteiger partial charge is 0.277 e. The Labute approximate surface area is 170 Å². The van der Waals surface area contributed by atoms with Gasteiger partial charge in [0, 0.05) is 35.4 Å². The molecular weight excluding hydrogens is 390 g/mol. The number of para-hydroxylation sites is 1. The molecule has 0 saturated carbocycles. The van der Waals surface area contributed by atoms with E-state index in [2.05, 4.69) is 25.8 Å². The number of nitrogens with one attached hydrogen (secondary N) is 3. The van der Waals surface area contributed by atoms with Gasteiger partial charge in [-0.25, -0.2) is 0 Å². The molecule has 0 saturated heterocycles. The van der Waals surface area contributed by atoms with Gasteiger partial charge in [0.25, 0.3) is 11.1 Å². The molecule has 146 valence electrons. The lowest BCUT2D eigenvalue weighted by Gasteiger charge is -2.06. The number of rotatable bonds is 6. The molecule has 2 heterocycles. The van der Waals surface area contributed by atoms with Crippen LogP contribution in [0.15, 0.2) is 64.4 Å². The van der Waals surface area contributed by atoms with Crippen LogP contribution in [0, 0.1) is 0 Å². The van der Waals surface area contributed by atoms with E-state index in [0.29, 0.717) is 22.5 Å². The molecule has 3 N–H and O–H groups in total. The van der Waals surface area contributed by atoms with Crippen LogP contribution in [0.1, 0.15) is 6.92 Å². The van der Waals surface area contributed by atoms with Gasteiger partial charge in [-0.15, -0.1) is 10.2 Å². The lowest BCUT2D eigenvalue weighted by molar-refractivity contribution is -0.114. The Hall–Kier alpha value is -3.59. The molecule has 0 aliphatic heterocycles. The van der Waals surface area contributed by atoms with Crippen molar-refractivity contribution in [1.29, 1.82) is 0 Å². The summed E-state index contributed by atoms with van der Waals surface area (Å²) in [5, 5.41) is 14.9. The van der Waals surface area contributed by atoms with Crippen LogP contribution in [0.2, 0.25) is 0 Å². The van der Waals surface area contributed by atoms with Crippen molar-refractivity contribution in [2.24, 2.45) is 0 Å². The van der Waals surface area contributed by atoms with Crippen molar-refractivity contribution >= 4 is 45.9 Å². The maximum absolute atomic E-state index is 12.2. The number of aromatic amines is 1. The molecule has 8 nitrogen and oxygen atoms in total. The summed E-state index contributed by atoms with van der Waals surface area (Å²) in [5.74, 6) is 0.181. The SMILES string of the molecule is CC(=O)Nc1ccc(NC(=O)CSc2nnc(-c3c[nH]c4ccccc34)o2)cc1. The molecule has 0 aliphatic carbocycles. The molecule has 0 bridgehead atoms. The van der Waals surface area contributed by atoms with Crippen LogP contribution in [0.5, 0.6) is 0 Å². The molecule has 2 aromatic carbocycles. The first-order valence-electron chi connectivity index (χ1n) is 8.79. The molecule has 9 heteroatoms. The normalized spacial score (nSPS) is 10.8. The standard InChI is InChI=1S/C20H17N5O3S/c1-12(26)22-13-6-8-14(9-7-13)23-18(27)11-29-20-25-24-19(28-20)16-10-21-17-5-3-2-4-15(16)17/h2-10,21H,11H2,1H3,(H,22,26)(H,23,27). The van der Waals surface area contributed by atoms with Gasteiger partial charge in [0.15, 0.2) is 0 Å². The Bertz CT molecular complexity index is 1170. The summed E-state index contributed by atoms with van der Waals surface area (Å²) >= 11 is 1.16. The molecule has 0 fully saturated rings. The maximum atomic E-state index is 12.2. The van der Waals surface area contributed by atoms with E-state index >= 15 is 0 Å². The van der Waals surface area contributed by atoms with Gasteiger partial charge in [-0.05, 0) is 30.3 Å². The Morgan fingerprint density at radius 1 is 1.03 bits per heavy atom. The fourth-order valence-corrected chi connectivity index (χ4v) is 3.35. The van der Waals surface area contributed by atoms with E-state index in [9.17, 15) is 9.59 Å². The minimum atomic E-state index is -0.200. The van der Waals surface area contributed by atoms with E-state index in [4.69, 9.17) is 4.42 Å². The molecule has 0 aliphatic rings. The van der Waals surface area contributed by atoms with Crippen molar-refractivity contribution in [1.82, 2.24) is 15.2 Å². The van der Waals surface area contributed by atoms with Crippen LogP contribution in [0.25, 0.3) is 22.4 Å². The fraction of sp³-hybridized carbons (Fsp3) is 0.100. The average molecular weight is 407 g/mol. The molecule has 2 aromatic heterocycles. The molecular formula is C20H17N5O3S. The Balaban J connectivity index is 1.35. The molecule has 29 heavy (non-hydrogen) atoms. The Morgan fingerprint density at radius 3 is 2.52 bits per heavy atom. The first-order chi connectivity index (χ1) is 14.1. The van der Waals surface area contributed by atoms with Crippen molar-refractivity contribution in [3.05, 3.63) is 54.7 Å². The summed E-state index contributed by atoms with van der Waals surface area (Å²) in [6, 6.07) is 14.7. The number of carbonyl (C=O) groups excluding carboxylic acids is 2. The van der Waals surface area contributed by atoms with Gasteiger partial charge in [-0.1, -0.05) is 30.0 Å². The van der Waals surface area contributed by atoms with Gasteiger partial charge >= 0.3 is 0 Å². The lowest BCUT2D eigenvalue weighted by Crippen LogP contribution is -2.14. The highest BCUT2D eigenvalue weighted by Crippen LogP contribution is 2.29. The van der Waals surface area contributed by atoms with Crippen LogP contribution in [-0.2, 0) is 9.59 Å². The minimum absolute atomic E-state index is 0.128. The summed E-state index contributed by atoms with van der Waals surface area (Å²) in [7, 11) is 0. The van der Waals surface area contributed by atoms with E-state index in [0.717, 1.165) is 28.2 Å². The molecule has 0 atom stereocenters. The molecule has 0 unspecified atom stereocenters. The van der Waals surface area contributed by atoms with Gasteiger partial charge in [0.1, 0.15) is 0 Å². The third-order valence-electron chi connectivity index (χ3n) is 4.04. The third kappa shape index (κ3) is 4.46. The van der Waals surface area contributed by atoms with Gasteiger partial charge in [-0.3, -0.25) is 9.59 Å². The first kappa shape index (κ1) is 18.8. The van der Waals surface area contributed by atoms with Crippen LogP contribution in [0.4, 0.5) is 11.4 Å². The zero-order valence-corrected chi connectivity index (χ0v) is 16.2. The first-order valence-corrected chi connectivity index (χ1v) is 9.77. The van der Waals surface area contributed by atoms with Crippen molar-refractivity contribution < 1.29 is 14.0 Å². The lowest BCUT2D eigenvalue weighted by atomic mass is 10.2. The number of anilines is 2. The number of amides is 2. The molecule has 4 aromatic rings. The number of carbonyl (C=O) groups is 2. The predicted octanol–water partition coefficient (Wildman–Crippen LogP) is 3.91. The van der Waals surface area contributed by atoms with E-state index in [1.165, 1.54) is 6.92 Å². The van der Waals surface area contributed by atoms with E-state index in [1.807, 2.05) is 30.5 Å². The summed E-state index contributed by atoms with van der Waals surface area (Å²) in [4.78, 5) is 26.4. The minimum Gasteiger partial charge on any atom is -0.411 e. The number of H-pyrrole nitrogens is 1. The number of aromatic nitrogens is 3. The molecule has 0 spiro atoms. The van der Waals surface area contributed by atoms with Crippen LogP contribution in [-0.4, -0.2) is 32.7 Å². The van der Waals surface area contributed by atoms with Crippen LogP contribution in [0.3, 0.4) is 0 Å². The largest absolute Gasteiger partial charge is 0.411 e. The van der Waals surface area contributed by atoms with E-state index in [-0.39, 0.29) is 17.6 Å². The maximum Gasteiger partial charge on any atom is 0.277 e. The Morgan fingerprint density at radius 2 is 1.76 bits per heavy atom. The topological polar surface area (TPSA) is 113 Å². The van der Waals surface area contributed by atoms with Gasteiger partial charge in [0.2, 0.25) is 11.8 Å². The van der Waals surface area contributed by atoms with Crippen molar-refractivity contribution in [3.63, 3.8) is 0 Å². The zero-order chi connectivity index (χ0) is 20.2. The van der Waals surface area contributed by atoms with Crippen molar-refractivity contribution in [2.75, 3.05) is 16.4 Å². The summed E-state index contributed by atoms with van der Waals surface area (Å²) in [5.41, 5.74) is 3.11. The van der Waals surface area contributed by atoms with Crippen LogP contribution >= 0.6 is 11.8 Å². The fourth-order valence-electron chi connectivity index (χ4n) is 2.79.